The first kappa shape index (κ1) is 14.9. The monoisotopic (exact) mass is 299 g/mol. The molecule has 0 saturated heterocycles. The van der Waals surface area contributed by atoms with Crippen molar-refractivity contribution in [1.82, 2.24) is 10.6 Å². The van der Waals surface area contributed by atoms with Crippen molar-refractivity contribution in [3.8, 4) is 0 Å². The summed E-state index contributed by atoms with van der Waals surface area (Å²) >= 11 is 0. The quantitative estimate of drug-likeness (QED) is 0.671. The second-order valence-corrected chi connectivity index (χ2v) is 5.98. The Morgan fingerprint density at radius 2 is 2.05 bits per heavy atom. The van der Waals surface area contributed by atoms with E-state index in [1.165, 1.54) is 37.5 Å². The van der Waals surface area contributed by atoms with Crippen LogP contribution in [-0.4, -0.2) is 25.6 Å². The first-order valence-corrected chi connectivity index (χ1v) is 8.30. The molecule has 1 aliphatic rings. The molecule has 0 atom stereocenters. The van der Waals surface area contributed by atoms with Crippen LogP contribution >= 0.6 is 0 Å². The molecule has 22 heavy (non-hydrogen) atoms. The second-order valence-electron chi connectivity index (χ2n) is 5.98. The normalized spacial score (nSPS) is 16.9. The average molecular weight is 299 g/mol. The molecule has 1 heterocycles. The third-order valence-corrected chi connectivity index (χ3v) is 4.31. The van der Waals surface area contributed by atoms with Crippen molar-refractivity contribution in [1.29, 1.82) is 0 Å². The van der Waals surface area contributed by atoms with Crippen LogP contribution in [0.3, 0.4) is 0 Å². The molecule has 1 saturated carbocycles. The molecule has 0 spiro atoms. The third kappa shape index (κ3) is 3.81. The van der Waals surface area contributed by atoms with Gasteiger partial charge in [0.15, 0.2) is 5.96 Å². The lowest BCUT2D eigenvalue weighted by Crippen LogP contribution is -2.44. The van der Waals surface area contributed by atoms with Crippen LogP contribution in [0, 0.1) is 0 Å². The zero-order valence-electron chi connectivity index (χ0n) is 13.3. The van der Waals surface area contributed by atoms with E-state index in [0.717, 1.165) is 30.3 Å². The summed E-state index contributed by atoms with van der Waals surface area (Å²) in [7, 11) is 1.83. The van der Waals surface area contributed by atoms with Crippen LogP contribution in [0.15, 0.2) is 39.7 Å². The summed E-state index contributed by atoms with van der Waals surface area (Å²) in [5, 5.41) is 8.08. The fraction of sp³-hybridized carbons (Fsp3) is 0.500. The Balaban J connectivity index is 1.48. The van der Waals surface area contributed by atoms with Gasteiger partial charge < -0.3 is 15.1 Å². The van der Waals surface area contributed by atoms with Crippen molar-refractivity contribution >= 4 is 16.9 Å². The maximum atomic E-state index is 5.83. The van der Waals surface area contributed by atoms with Gasteiger partial charge in [0.25, 0.3) is 0 Å². The van der Waals surface area contributed by atoms with E-state index >= 15 is 0 Å². The van der Waals surface area contributed by atoms with Gasteiger partial charge in [-0.05, 0) is 25.0 Å². The minimum absolute atomic E-state index is 0.575. The molecule has 1 aromatic heterocycles. The molecule has 0 aliphatic heterocycles. The van der Waals surface area contributed by atoms with Crippen molar-refractivity contribution in [3.63, 3.8) is 0 Å². The summed E-state index contributed by atoms with van der Waals surface area (Å²) in [6.45, 7) is 0.826. The average Bonchev–Trinajstić information content (AvgIpc) is 2.97. The van der Waals surface area contributed by atoms with Gasteiger partial charge in [0.2, 0.25) is 0 Å². The first-order chi connectivity index (χ1) is 10.8. The number of hydrogen-bond acceptors (Lipinski definition) is 2. The van der Waals surface area contributed by atoms with Gasteiger partial charge in [-0.2, -0.15) is 0 Å². The topological polar surface area (TPSA) is 49.6 Å². The number of para-hydroxylation sites is 1. The fourth-order valence-corrected chi connectivity index (χ4v) is 3.10. The minimum Gasteiger partial charge on any atom is -0.461 e. The van der Waals surface area contributed by atoms with E-state index in [1.54, 1.807) is 0 Å². The molecule has 4 heteroatoms. The summed E-state index contributed by atoms with van der Waals surface area (Å²) < 4.78 is 5.83. The predicted molar refractivity (Wildman–Crippen MR) is 91.3 cm³/mol. The zero-order chi connectivity index (χ0) is 15.2. The number of fused-ring (bicyclic) bond motifs is 1. The molecule has 0 amide bonds. The van der Waals surface area contributed by atoms with Gasteiger partial charge >= 0.3 is 0 Å². The van der Waals surface area contributed by atoms with Crippen LogP contribution in [0.4, 0.5) is 0 Å². The second kappa shape index (κ2) is 7.34. The Morgan fingerprint density at radius 3 is 2.82 bits per heavy atom. The molecule has 0 radical (unpaired) electrons. The Morgan fingerprint density at radius 1 is 1.23 bits per heavy atom. The summed E-state index contributed by atoms with van der Waals surface area (Å²) in [5.41, 5.74) is 0.960. The molecular formula is C18H25N3O. The van der Waals surface area contributed by atoms with Gasteiger partial charge in [-0.15, -0.1) is 0 Å². The van der Waals surface area contributed by atoms with Gasteiger partial charge in [-0.25, -0.2) is 0 Å². The van der Waals surface area contributed by atoms with Gasteiger partial charge in [-0.3, -0.25) is 4.99 Å². The number of rotatable bonds is 4. The minimum atomic E-state index is 0.575. The van der Waals surface area contributed by atoms with E-state index in [2.05, 4.69) is 27.8 Å². The van der Waals surface area contributed by atoms with Crippen LogP contribution in [0.5, 0.6) is 0 Å². The molecule has 4 nitrogen and oxygen atoms in total. The lowest BCUT2D eigenvalue weighted by molar-refractivity contribution is 0.410. The van der Waals surface area contributed by atoms with E-state index in [9.17, 15) is 0 Å². The van der Waals surface area contributed by atoms with Gasteiger partial charge in [-0.1, -0.05) is 37.5 Å². The third-order valence-electron chi connectivity index (χ3n) is 4.31. The molecule has 2 aromatic rings. The lowest BCUT2D eigenvalue weighted by Gasteiger charge is -2.24. The number of nitrogens with zero attached hydrogens (tertiary/aromatic N) is 1. The SMILES string of the molecule is CN=C(NCCc1cc2ccccc2o1)NC1CCCCC1. The Kier molecular flexibility index (Phi) is 4.99. The maximum absolute atomic E-state index is 5.83. The number of hydrogen-bond donors (Lipinski definition) is 2. The summed E-state index contributed by atoms with van der Waals surface area (Å²) in [4.78, 5) is 4.32. The van der Waals surface area contributed by atoms with Gasteiger partial charge in [0, 0.05) is 31.4 Å². The number of benzene rings is 1. The molecule has 0 unspecified atom stereocenters. The number of furan rings is 1. The van der Waals surface area contributed by atoms with E-state index in [-0.39, 0.29) is 0 Å². The standard InChI is InChI=1S/C18H25N3O/c1-19-18(21-15-8-3-2-4-9-15)20-12-11-16-13-14-7-5-6-10-17(14)22-16/h5-7,10,13,15H,2-4,8-9,11-12H2,1H3,(H2,19,20,21). The molecule has 1 fully saturated rings. The zero-order valence-corrected chi connectivity index (χ0v) is 13.3. The van der Waals surface area contributed by atoms with Crippen LogP contribution in [-0.2, 0) is 6.42 Å². The first-order valence-electron chi connectivity index (χ1n) is 8.30. The molecule has 118 valence electrons. The highest BCUT2D eigenvalue weighted by Gasteiger charge is 2.14. The highest BCUT2D eigenvalue weighted by molar-refractivity contribution is 5.80. The molecule has 2 N–H and O–H groups in total. The largest absolute Gasteiger partial charge is 0.461 e. The lowest BCUT2D eigenvalue weighted by atomic mass is 9.96. The van der Waals surface area contributed by atoms with Gasteiger partial charge in [0.1, 0.15) is 11.3 Å². The maximum Gasteiger partial charge on any atom is 0.191 e. The van der Waals surface area contributed by atoms with Crippen LogP contribution in [0.1, 0.15) is 37.9 Å². The smallest absolute Gasteiger partial charge is 0.191 e. The van der Waals surface area contributed by atoms with Crippen molar-refractivity contribution in [2.45, 2.75) is 44.6 Å². The van der Waals surface area contributed by atoms with Crippen molar-refractivity contribution in [2.75, 3.05) is 13.6 Å². The van der Waals surface area contributed by atoms with E-state index < -0.39 is 0 Å². The molecule has 3 rings (SSSR count). The van der Waals surface area contributed by atoms with Crippen molar-refractivity contribution < 1.29 is 4.42 Å². The van der Waals surface area contributed by atoms with E-state index in [0.29, 0.717) is 6.04 Å². The molecule has 1 aliphatic carbocycles. The molecular weight excluding hydrogens is 274 g/mol. The number of aliphatic imine (C=N–C) groups is 1. The number of nitrogens with one attached hydrogen (secondary N) is 2. The Labute approximate surface area is 132 Å². The molecule has 1 aromatic carbocycles. The Hall–Kier alpha value is -1.97. The predicted octanol–water partition coefficient (Wildman–Crippen LogP) is 3.47. The fourth-order valence-electron chi connectivity index (χ4n) is 3.10. The van der Waals surface area contributed by atoms with Gasteiger partial charge in [0.05, 0.1) is 0 Å². The van der Waals surface area contributed by atoms with Crippen LogP contribution in [0.2, 0.25) is 0 Å². The highest BCUT2D eigenvalue weighted by Crippen LogP contribution is 2.19. The van der Waals surface area contributed by atoms with Crippen molar-refractivity contribution in [3.05, 3.63) is 36.1 Å². The van der Waals surface area contributed by atoms with E-state index in [1.807, 2.05) is 25.2 Å². The molecule has 0 bridgehead atoms. The summed E-state index contributed by atoms with van der Waals surface area (Å²) in [5.74, 6) is 1.92. The van der Waals surface area contributed by atoms with Crippen LogP contribution < -0.4 is 10.6 Å². The number of guanidine groups is 1. The Bertz CT molecular complexity index is 593. The van der Waals surface area contributed by atoms with Crippen molar-refractivity contribution in [2.24, 2.45) is 4.99 Å². The van der Waals surface area contributed by atoms with E-state index in [4.69, 9.17) is 4.42 Å². The summed E-state index contributed by atoms with van der Waals surface area (Å²) in [6.07, 6.45) is 7.39. The summed E-state index contributed by atoms with van der Waals surface area (Å²) in [6, 6.07) is 10.8. The highest BCUT2D eigenvalue weighted by atomic mass is 16.3. The van der Waals surface area contributed by atoms with Crippen LogP contribution in [0.25, 0.3) is 11.0 Å².